The van der Waals surface area contributed by atoms with Crippen LogP contribution in [0.15, 0.2) is 0 Å². The zero-order valence-corrected chi connectivity index (χ0v) is 6.71. The van der Waals surface area contributed by atoms with Crippen LogP contribution < -0.4 is 0 Å². The van der Waals surface area contributed by atoms with Crippen molar-refractivity contribution in [2.45, 2.75) is 19.1 Å². The lowest BCUT2D eigenvalue weighted by molar-refractivity contribution is -0.165. The van der Waals surface area contributed by atoms with Crippen LogP contribution >= 0.6 is 0 Å². The molecule has 74 valence electrons. The van der Waals surface area contributed by atoms with Gasteiger partial charge in [-0.25, -0.2) is 9.59 Å². The molecule has 7 nitrogen and oxygen atoms in total. The van der Waals surface area contributed by atoms with Crippen LogP contribution in [0.2, 0.25) is 0 Å². The van der Waals surface area contributed by atoms with Gasteiger partial charge in [-0.1, -0.05) is 0 Å². The Morgan fingerprint density at radius 1 is 1.15 bits per heavy atom. The van der Waals surface area contributed by atoms with Crippen LogP contribution in [0.1, 0.15) is 6.92 Å². The Kier molecular flexibility index (Phi) is 7.51. The topological polar surface area (TPSA) is 139 Å². The second kappa shape index (κ2) is 7.02. The van der Waals surface area contributed by atoms with Crippen molar-refractivity contribution in [2.75, 3.05) is 0 Å². The number of rotatable bonds is 3. The Hall–Kier alpha value is -1.65. The molecule has 0 saturated heterocycles. The zero-order chi connectivity index (χ0) is 11.0. The highest BCUT2D eigenvalue weighted by molar-refractivity contribution is 5.82. The second-order valence-electron chi connectivity index (χ2n) is 1.79. The largest absolute Gasteiger partial charge is 0.479 e. The first-order chi connectivity index (χ1) is 5.88. The van der Waals surface area contributed by atoms with Crippen LogP contribution in [0.5, 0.6) is 0 Å². The molecule has 0 unspecified atom stereocenters. The van der Waals surface area contributed by atoms with E-state index in [1.54, 1.807) is 6.07 Å². The minimum atomic E-state index is -2.27. The number of carboxylic acid groups (broad SMARTS) is 2. The number of aliphatic hydroxyl groups is 2. The summed E-state index contributed by atoms with van der Waals surface area (Å²) in [6.45, 7) is 1.43. The minimum Gasteiger partial charge on any atom is -0.479 e. The maximum Gasteiger partial charge on any atom is 0.335 e. The van der Waals surface area contributed by atoms with Gasteiger partial charge >= 0.3 is 11.9 Å². The maximum atomic E-state index is 9.77. The zero-order valence-electron chi connectivity index (χ0n) is 6.71. The predicted octanol–water partition coefficient (Wildman–Crippen LogP) is -1.59. The average Bonchev–Trinajstić information content (AvgIpc) is 2.03. The van der Waals surface area contributed by atoms with Crippen LogP contribution in [0.3, 0.4) is 0 Å². The standard InChI is InChI=1S/C4H6O6.C2H3N/c5-1(3(7)8)2(6)4(9)10;1-2-3/h1-2,5-6H,(H,7,8)(H,9,10);1H3/t1-,2-;/m0./s1. The summed E-state index contributed by atoms with van der Waals surface area (Å²) in [5.41, 5.74) is 0. The van der Waals surface area contributed by atoms with E-state index in [2.05, 4.69) is 0 Å². The van der Waals surface area contributed by atoms with Crippen LogP contribution in [0.4, 0.5) is 0 Å². The van der Waals surface area contributed by atoms with Gasteiger partial charge in [-0.2, -0.15) is 5.26 Å². The van der Waals surface area contributed by atoms with E-state index in [-0.39, 0.29) is 0 Å². The normalized spacial score (nSPS) is 12.8. The molecule has 0 saturated carbocycles. The highest BCUT2D eigenvalue weighted by Crippen LogP contribution is 1.92. The first kappa shape index (κ1) is 13.9. The molecule has 0 fully saturated rings. The van der Waals surface area contributed by atoms with Crippen molar-refractivity contribution in [1.82, 2.24) is 0 Å². The van der Waals surface area contributed by atoms with E-state index in [1.165, 1.54) is 6.92 Å². The molecule has 0 radical (unpaired) electrons. The molecule has 0 heterocycles. The van der Waals surface area contributed by atoms with Gasteiger partial charge in [0, 0.05) is 6.92 Å². The van der Waals surface area contributed by atoms with E-state index < -0.39 is 24.1 Å². The van der Waals surface area contributed by atoms with Gasteiger partial charge in [-0.15, -0.1) is 0 Å². The number of nitrogens with zero attached hydrogens (tertiary/aromatic N) is 1. The summed E-state index contributed by atoms with van der Waals surface area (Å²) in [5, 5.41) is 39.8. The van der Waals surface area contributed by atoms with E-state index in [0.29, 0.717) is 0 Å². The SMILES string of the molecule is CC#N.O=C(O)[C@@H](O)[C@H](O)C(=O)O. The van der Waals surface area contributed by atoms with Crippen molar-refractivity contribution in [3.63, 3.8) is 0 Å². The molecular weight excluding hydrogens is 182 g/mol. The molecular formula is C6H9NO6. The Bertz CT molecular complexity index is 202. The van der Waals surface area contributed by atoms with E-state index >= 15 is 0 Å². The van der Waals surface area contributed by atoms with Gasteiger partial charge in [0.15, 0.2) is 12.2 Å². The van der Waals surface area contributed by atoms with Crippen molar-refractivity contribution in [1.29, 1.82) is 5.26 Å². The van der Waals surface area contributed by atoms with E-state index in [9.17, 15) is 9.59 Å². The number of nitriles is 1. The first-order valence-electron chi connectivity index (χ1n) is 3.01. The molecule has 2 atom stereocenters. The first-order valence-corrected chi connectivity index (χ1v) is 3.01. The average molecular weight is 191 g/mol. The van der Waals surface area contributed by atoms with Crippen molar-refractivity contribution >= 4 is 11.9 Å². The molecule has 7 heteroatoms. The van der Waals surface area contributed by atoms with Crippen LogP contribution in [0.25, 0.3) is 0 Å². The molecule has 4 N–H and O–H groups in total. The molecule has 0 amide bonds. The van der Waals surface area contributed by atoms with Gasteiger partial charge < -0.3 is 20.4 Å². The van der Waals surface area contributed by atoms with Gasteiger partial charge in [0.05, 0.1) is 6.07 Å². The third-order valence-electron chi connectivity index (χ3n) is 0.805. The second-order valence-corrected chi connectivity index (χ2v) is 1.79. The van der Waals surface area contributed by atoms with E-state index in [0.717, 1.165) is 0 Å². The van der Waals surface area contributed by atoms with Crippen molar-refractivity contribution in [3.8, 4) is 6.07 Å². The van der Waals surface area contributed by atoms with Crippen LogP contribution in [-0.4, -0.2) is 44.6 Å². The van der Waals surface area contributed by atoms with Crippen molar-refractivity contribution in [2.24, 2.45) is 0 Å². The van der Waals surface area contributed by atoms with E-state index in [4.69, 9.17) is 25.7 Å². The lowest BCUT2D eigenvalue weighted by Gasteiger charge is -2.07. The van der Waals surface area contributed by atoms with Crippen LogP contribution in [0, 0.1) is 11.3 Å². The number of carbonyl (C=O) groups is 2. The Morgan fingerprint density at radius 2 is 1.31 bits per heavy atom. The molecule has 0 aliphatic carbocycles. The summed E-state index contributed by atoms with van der Waals surface area (Å²) in [5.74, 6) is -3.54. The summed E-state index contributed by atoms with van der Waals surface area (Å²) in [4.78, 5) is 19.5. The molecule has 0 bridgehead atoms. The Balaban J connectivity index is 0. The highest BCUT2D eigenvalue weighted by atomic mass is 16.4. The minimum absolute atomic E-state index is 1.43. The predicted molar refractivity (Wildman–Crippen MR) is 38.6 cm³/mol. The van der Waals surface area contributed by atoms with Crippen molar-refractivity contribution < 1.29 is 30.0 Å². The fraction of sp³-hybridized carbons (Fsp3) is 0.500. The van der Waals surface area contributed by atoms with Gasteiger partial charge in [0.25, 0.3) is 0 Å². The number of carboxylic acids is 2. The molecule has 0 aliphatic heterocycles. The number of hydrogen-bond acceptors (Lipinski definition) is 5. The number of aliphatic hydroxyl groups excluding tert-OH is 2. The molecule has 0 aromatic heterocycles. The molecule has 0 rings (SSSR count). The summed E-state index contributed by atoms with van der Waals surface area (Å²) >= 11 is 0. The van der Waals surface area contributed by atoms with Gasteiger partial charge in [-0.05, 0) is 0 Å². The maximum absolute atomic E-state index is 9.77. The Labute approximate surface area is 73.5 Å². The molecule has 13 heavy (non-hydrogen) atoms. The Morgan fingerprint density at radius 3 is 1.38 bits per heavy atom. The number of aliphatic carboxylic acids is 2. The molecule has 0 aromatic carbocycles. The monoisotopic (exact) mass is 191 g/mol. The number of hydrogen-bond donors (Lipinski definition) is 4. The summed E-state index contributed by atoms with van der Waals surface area (Å²) < 4.78 is 0. The third-order valence-corrected chi connectivity index (χ3v) is 0.805. The third kappa shape index (κ3) is 6.74. The van der Waals surface area contributed by atoms with Gasteiger partial charge in [-0.3, -0.25) is 0 Å². The van der Waals surface area contributed by atoms with E-state index in [1.807, 2.05) is 0 Å². The highest BCUT2D eigenvalue weighted by Gasteiger charge is 2.29. The summed E-state index contributed by atoms with van der Waals surface area (Å²) in [6.07, 6.45) is -4.53. The molecule has 0 aliphatic rings. The fourth-order valence-corrected chi connectivity index (χ4v) is 0.270. The fourth-order valence-electron chi connectivity index (χ4n) is 0.270. The van der Waals surface area contributed by atoms with Gasteiger partial charge in [0.2, 0.25) is 0 Å². The quantitative estimate of drug-likeness (QED) is 0.421. The van der Waals surface area contributed by atoms with Crippen LogP contribution in [-0.2, 0) is 9.59 Å². The lowest BCUT2D eigenvalue weighted by Crippen LogP contribution is -2.39. The van der Waals surface area contributed by atoms with Crippen molar-refractivity contribution in [3.05, 3.63) is 0 Å². The lowest BCUT2D eigenvalue weighted by atomic mass is 10.2. The smallest absolute Gasteiger partial charge is 0.335 e. The summed E-state index contributed by atoms with van der Waals surface area (Å²) in [6, 6.07) is 1.75. The molecule has 0 spiro atoms. The van der Waals surface area contributed by atoms with Gasteiger partial charge in [0.1, 0.15) is 0 Å². The molecule has 0 aromatic rings. The summed E-state index contributed by atoms with van der Waals surface area (Å²) in [7, 11) is 0.